The lowest BCUT2D eigenvalue weighted by Gasteiger charge is -2.01. The minimum atomic E-state index is -0.299. The van der Waals surface area contributed by atoms with Crippen molar-refractivity contribution in [1.29, 1.82) is 0 Å². The van der Waals surface area contributed by atoms with Crippen molar-refractivity contribution >= 4 is 0 Å². The molecule has 1 nitrogen and oxygen atoms in total. The summed E-state index contributed by atoms with van der Waals surface area (Å²) in [6.45, 7) is 0. The third-order valence-corrected chi connectivity index (χ3v) is 1.01. The monoisotopic (exact) mass is 112 g/mol. The molecule has 0 bridgehead atoms. The molecule has 8 heavy (non-hydrogen) atoms. The first kappa shape index (κ1) is 5.35. The number of allylic oxidation sites excluding steroid dienone is 3. The van der Waals surface area contributed by atoms with Gasteiger partial charge in [-0.25, -0.2) is 4.39 Å². The first-order valence-corrected chi connectivity index (χ1v) is 2.45. The van der Waals surface area contributed by atoms with Crippen LogP contribution in [0.15, 0.2) is 23.7 Å². The van der Waals surface area contributed by atoms with Gasteiger partial charge in [0, 0.05) is 6.42 Å². The molecule has 0 fully saturated rings. The molecule has 0 aromatic carbocycles. The lowest BCUT2D eigenvalue weighted by atomic mass is 10.1. The maximum absolute atomic E-state index is 12.2. The van der Waals surface area contributed by atoms with E-state index in [0.717, 1.165) is 0 Å². The Bertz CT molecular complexity index is 147. The van der Waals surface area contributed by atoms with Crippen molar-refractivity contribution in [2.24, 2.45) is 5.73 Å². The molecule has 0 aromatic heterocycles. The van der Waals surface area contributed by atoms with Crippen molar-refractivity contribution in [2.75, 3.05) is 0 Å². The third kappa shape index (κ3) is 0.886. The molecule has 43 valence electrons. The molecule has 0 saturated heterocycles. The minimum Gasteiger partial charge on any atom is -0.397 e. The summed E-state index contributed by atoms with van der Waals surface area (Å²) in [6.07, 6.45) is 5.51. The topological polar surface area (TPSA) is 26.0 Å². The Morgan fingerprint density at radius 1 is 1.62 bits per heavy atom. The molecule has 0 unspecified atom stereocenters. The largest absolute Gasteiger partial charge is 0.397 e. The van der Waals surface area contributed by atoms with Crippen molar-refractivity contribution in [3.05, 3.63) is 30.1 Å². The van der Waals surface area contributed by atoms with Crippen LogP contribution >= 0.6 is 0 Å². The summed E-state index contributed by atoms with van der Waals surface area (Å²) in [4.78, 5) is 0. The fourth-order valence-corrected chi connectivity index (χ4v) is 0.564. The summed E-state index contributed by atoms with van der Waals surface area (Å²) in [6, 6.07) is 0. The average molecular weight is 112 g/mol. The summed E-state index contributed by atoms with van der Waals surface area (Å²) < 4.78 is 12.2. The molecule has 0 heterocycles. The number of hydrogen-bond acceptors (Lipinski definition) is 1. The van der Waals surface area contributed by atoms with Gasteiger partial charge in [0.2, 0.25) is 0 Å². The van der Waals surface area contributed by atoms with Gasteiger partial charge >= 0.3 is 0 Å². The second kappa shape index (κ2) is 1.99. The molecule has 2 heteroatoms. The van der Waals surface area contributed by atoms with E-state index in [2.05, 4.69) is 0 Å². The van der Waals surface area contributed by atoms with Crippen molar-refractivity contribution in [1.82, 2.24) is 0 Å². The van der Waals surface area contributed by atoms with Crippen LogP contribution in [-0.4, -0.2) is 0 Å². The van der Waals surface area contributed by atoms with Gasteiger partial charge in [0.25, 0.3) is 0 Å². The first-order valence-electron chi connectivity index (χ1n) is 2.45. The Labute approximate surface area is 47.7 Å². The van der Waals surface area contributed by atoms with E-state index >= 15 is 0 Å². The van der Waals surface area contributed by atoms with Crippen LogP contribution in [0.25, 0.3) is 0 Å². The van der Waals surface area contributed by atoms with Gasteiger partial charge in [-0.1, -0.05) is 6.08 Å². The summed E-state index contributed by atoms with van der Waals surface area (Å²) in [7, 11) is 0. The number of hydrogen-bond donors (Lipinski definition) is 1. The van der Waals surface area contributed by atoms with Crippen LogP contribution in [0.3, 0.4) is 0 Å². The number of rotatable bonds is 0. The van der Waals surface area contributed by atoms with E-state index < -0.39 is 0 Å². The molecule has 2 N–H and O–H groups in total. The SMILES string of the molecule is NC1=C(F)[CH]CC=C1. The standard InChI is InChI=1S/C6H7FN/c7-5-3-1-2-4-6(5)8/h2-4H,1,8H2. The van der Waals surface area contributed by atoms with E-state index in [0.29, 0.717) is 6.42 Å². The molecule has 0 aromatic rings. The highest BCUT2D eigenvalue weighted by Gasteiger charge is 2.02. The van der Waals surface area contributed by atoms with Gasteiger partial charge in [0.1, 0.15) is 5.83 Å². The van der Waals surface area contributed by atoms with Crippen molar-refractivity contribution in [2.45, 2.75) is 6.42 Å². The Hall–Kier alpha value is -0.790. The predicted molar refractivity (Wildman–Crippen MR) is 30.4 cm³/mol. The van der Waals surface area contributed by atoms with Gasteiger partial charge in [0.15, 0.2) is 0 Å². The van der Waals surface area contributed by atoms with Gasteiger partial charge in [-0.3, -0.25) is 0 Å². The van der Waals surface area contributed by atoms with E-state index in [-0.39, 0.29) is 11.5 Å². The highest BCUT2D eigenvalue weighted by Crippen LogP contribution is 2.14. The van der Waals surface area contributed by atoms with Crippen molar-refractivity contribution in [3.63, 3.8) is 0 Å². The van der Waals surface area contributed by atoms with Crippen LogP contribution in [0.1, 0.15) is 6.42 Å². The molecular weight excluding hydrogens is 105 g/mol. The molecule has 1 radical (unpaired) electrons. The molecule has 1 aliphatic rings. The van der Waals surface area contributed by atoms with E-state index in [1.165, 1.54) is 6.42 Å². The smallest absolute Gasteiger partial charge is 0.127 e. The fourth-order valence-electron chi connectivity index (χ4n) is 0.564. The Balaban J connectivity index is 2.76. The summed E-state index contributed by atoms with van der Waals surface area (Å²) in [5.74, 6) is -0.299. The zero-order valence-corrected chi connectivity index (χ0v) is 4.39. The zero-order chi connectivity index (χ0) is 5.98. The van der Waals surface area contributed by atoms with Crippen LogP contribution < -0.4 is 5.73 Å². The van der Waals surface area contributed by atoms with E-state index in [1.54, 1.807) is 6.08 Å². The number of halogens is 1. The van der Waals surface area contributed by atoms with Gasteiger partial charge in [0.05, 0.1) is 5.70 Å². The third-order valence-electron chi connectivity index (χ3n) is 1.01. The van der Waals surface area contributed by atoms with Gasteiger partial charge in [-0.2, -0.15) is 0 Å². The summed E-state index contributed by atoms with van der Waals surface area (Å²) in [5, 5.41) is 0. The lowest BCUT2D eigenvalue weighted by Crippen LogP contribution is -1.99. The summed E-state index contributed by atoms with van der Waals surface area (Å²) >= 11 is 0. The van der Waals surface area contributed by atoms with Gasteiger partial charge in [-0.05, 0) is 12.5 Å². The fraction of sp³-hybridized carbons (Fsp3) is 0.167. The van der Waals surface area contributed by atoms with Crippen LogP contribution in [0.5, 0.6) is 0 Å². The van der Waals surface area contributed by atoms with Gasteiger partial charge < -0.3 is 5.73 Å². The van der Waals surface area contributed by atoms with Crippen LogP contribution in [0.4, 0.5) is 4.39 Å². The van der Waals surface area contributed by atoms with Crippen molar-refractivity contribution in [3.8, 4) is 0 Å². The second-order valence-corrected chi connectivity index (χ2v) is 1.65. The Kier molecular flexibility index (Phi) is 1.33. The molecule has 1 rings (SSSR count). The minimum absolute atomic E-state index is 0.233. The van der Waals surface area contributed by atoms with Gasteiger partial charge in [-0.15, -0.1) is 0 Å². The lowest BCUT2D eigenvalue weighted by molar-refractivity contribution is 0.629. The normalized spacial score (nSPS) is 19.6. The Morgan fingerprint density at radius 3 is 2.75 bits per heavy atom. The zero-order valence-electron chi connectivity index (χ0n) is 4.39. The maximum atomic E-state index is 12.2. The molecular formula is C6H7FN. The highest BCUT2D eigenvalue weighted by atomic mass is 19.1. The predicted octanol–water partition coefficient (Wildman–Crippen LogP) is 1.29. The van der Waals surface area contributed by atoms with E-state index in [4.69, 9.17) is 5.73 Å². The second-order valence-electron chi connectivity index (χ2n) is 1.65. The molecule has 0 aliphatic heterocycles. The van der Waals surface area contributed by atoms with E-state index in [1.807, 2.05) is 6.08 Å². The average Bonchev–Trinajstić information content (AvgIpc) is 1.77. The molecule has 1 aliphatic carbocycles. The summed E-state index contributed by atoms with van der Waals surface area (Å²) in [5.41, 5.74) is 5.40. The van der Waals surface area contributed by atoms with Crippen LogP contribution in [0, 0.1) is 6.42 Å². The first-order chi connectivity index (χ1) is 3.80. The van der Waals surface area contributed by atoms with Crippen LogP contribution in [-0.2, 0) is 0 Å². The number of nitrogens with two attached hydrogens (primary N) is 1. The molecule has 0 spiro atoms. The maximum Gasteiger partial charge on any atom is 0.127 e. The highest BCUT2D eigenvalue weighted by molar-refractivity contribution is 5.28. The quantitative estimate of drug-likeness (QED) is 0.502. The molecule has 0 saturated carbocycles. The van der Waals surface area contributed by atoms with Crippen molar-refractivity contribution < 1.29 is 4.39 Å². The molecule has 0 amide bonds. The van der Waals surface area contributed by atoms with Crippen LogP contribution in [0.2, 0.25) is 0 Å². The Morgan fingerprint density at radius 2 is 2.38 bits per heavy atom. The van der Waals surface area contributed by atoms with E-state index in [9.17, 15) is 4.39 Å². The molecule has 0 atom stereocenters.